The van der Waals surface area contributed by atoms with E-state index in [1.165, 1.54) is 0 Å². The van der Waals surface area contributed by atoms with Crippen molar-refractivity contribution in [1.82, 2.24) is 9.55 Å². The molecule has 2 aromatic rings. The maximum atomic E-state index is 11.4. The summed E-state index contributed by atoms with van der Waals surface area (Å²) in [5, 5.41) is 9.35. The molecule has 94 valence electrons. The van der Waals surface area contributed by atoms with Gasteiger partial charge in [0.05, 0.1) is 23.3 Å². The van der Waals surface area contributed by atoms with Gasteiger partial charge in [0, 0.05) is 6.04 Å². The molecule has 0 bridgehead atoms. The van der Waals surface area contributed by atoms with Crippen LogP contribution in [0, 0.1) is 5.92 Å². The molecule has 1 N–H and O–H groups in total. The Morgan fingerprint density at radius 3 is 2.89 bits per heavy atom. The molecule has 1 aliphatic rings. The number of para-hydroxylation sites is 2. The van der Waals surface area contributed by atoms with Crippen LogP contribution in [-0.2, 0) is 4.79 Å². The molecule has 4 heteroatoms. The lowest BCUT2D eigenvalue weighted by Crippen LogP contribution is -2.29. The third kappa shape index (κ3) is 1.78. The van der Waals surface area contributed by atoms with E-state index in [2.05, 4.69) is 4.98 Å². The van der Waals surface area contributed by atoms with Crippen LogP contribution in [0.15, 0.2) is 30.6 Å². The summed E-state index contributed by atoms with van der Waals surface area (Å²) < 4.78 is 2.05. The number of hydrogen-bond donors (Lipinski definition) is 1. The predicted octanol–water partition coefficient (Wildman–Crippen LogP) is 2.85. The standard InChI is InChI=1S/C14H16N2O2/c17-14(18)10-5-1-3-7-12(10)16-9-15-11-6-2-4-8-13(11)16/h2,4,6,8-10,12H,1,3,5,7H2,(H,17,18). The van der Waals surface area contributed by atoms with Crippen LogP contribution in [0.5, 0.6) is 0 Å². The van der Waals surface area contributed by atoms with Gasteiger partial charge in [-0.25, -0.2) is 4.98 Å². The van der Waals surface area contributed by atoms with Gasteiger partial charge in [0.15, 0.2) is 0 Å². The van der Waals surface area contributed by atoms with Crippen molar-refractivity contribution in [3.05, 3.63) is 30.6 Å². The number of benzene rings is 1. The van der Waals surface area contributed by atoms with Crippen molar-refractivity contribution < 1.29 is 9.90 Å². The molecule has 0 amide bonds. The van der Waals surface area contributed by atoms with E-state index in [1.807, 2.05) is 28.8 Å². The third-order valence-electron chi connectivity index (χ3n) is 3.89. The molecule has 0 radical (unpaired) electrons. The first-order valence-electron chi connectivity index (χ1n) is 6.42. The summed E-state index contributed by atoms with van der Waals surface area (Å²) in [7, 11) is 0. The molecule has 1 aliphatic carbocycles. The SMILES string of the molecule is O=C(O)C1CCCCC1n1cnc2ccccc21. The molecule has 0 aliphatic heterocycles. The number of carbonyl (C=O) groups is 1. The molecule has 0 spiro atoms. The first-order valence-corrected chi connectivity index (χ1v) is 6.42. The number of carboxylic acids is 1. The fourth-order valence-corrected chi connectivity index (χ4v) is 2.97. The minimum atomic E-state index is -0.683. The van der Waals surface area contributed by atoms with Crippen LogP contribution in [0.3, 0.4) is 0 Å². The average Bonchev–Trinajstić information content (AvgIpc) is 2.82. The highest BCUT2D eigenvalue weighted by Gasteiger charge is 2.32. The second kappa shape index (κ2) is 4.44. The maximum absolute atomic E-state index is 11.4. The Balaban J connectivity index is 2.04. The van der Waals surface area contributed by atoms with Crippen molar-refractivity contribution in [2.75, 3.05) is 0 Å². The molecule has 1 aromatic carbocycles. The molecule has 18 heavy (non-hydrogen) atoms. The zero-order chi connectivity index (χ0) is 12.5. The van der Waals surface area contributed by atoms with Crippen molar-refractivity contribution in [2.45, 2.75) is 31.7 Å². The van der Waals surface area contributed by atoms with Gasteiger partial charge in [-0.1, -0.05) is 25.0 Å². The number of fused-ring (bicyclic) bond motifs is 1. The number of carboxylic acid groups (broad SMARTS) is 1. The molecule has 4 nitrogen and oxygen atoms in total. The number of hydrogen-bond acceptors (Lipinski definition) is 2. The first kappa shape index (κ1) is 11.3. The number of imidazole rings is 1. The van der Waals surface area contributed by atoms with Gasteiger partial charge in [-0.15, -0.1) is 0 Å². The summed E-state index contributed by atoms with van der Waals surface area (Å²) in [6.45, 7) is 0. The van der Waals surface area contributed by atoms with E-state index in [0.29, 0.717) is 0 Å². The quantitative estimate of drug-likeness (QED) is 0.883. The highest BCUT2D eigenvalue weighted by Crippen LogP contribution is 2.35. The average molecular weight is 244 g/mol. The molecule has 2 atom stereocenters. The van der Waals surface area contributed by atoms with Gasteiger partial charge in [0.1, 0.15) is 0 Å². The molecule has 1 aromatic heterocycles. The zero-order valence-corrected chi connectivity index (χ0v) is 10.1. The fraction of sp³-hybridized carbons (Fsp3) is 0.429. The summed E-state index contributed by atoms with van der Waals surface area (Å²) in [5.74, 6) is -0.964. The van der Waals surface area contributed by atoms with E-state index in [1.54, 1.807) is 6.33 Å². The lowest BCUT2D eigenvalue weighted by atomic mass is 9.84. The van der Waals surface area contributed by atoms with E-state index >= 15 is 0 Å². The second-order valence-corrected chi connectivity index (χ2v) is 4.94. The smallest absolute Gasteiger partial charge is 0.308 e. The predicted molar refractivity (Wildman–Crippen MR) is 68.4 cm³/mol. The molecule has 3 rings (SSSR count). The number of aliphatic carboxylic acids is 1. The number of nitrogens with zero attached hydrogens (tertiary/aromatic N) is 2. The van der Waals surface area contributed by atoms with E-state index < -0.39 is 5.97 Å². The van der Waals surface area contributed by atoms with Gasteiger partial charge in [0.2, 0.25) is 0 Å². The highest BCUT2D eigenvalue weighted by molar-refractivity contribution is 5.76. The van der Waals surface area contributed by atoms with Gasteiger partial charge in [-0.05, 0) is 25.0 Å². The zero-order valence-electron chi connectivity index (χ0n) is 10.1. The van der Waals surface area contributed by atoms with E-state index in [4.69, 9.17) is 0 Å². The molecular weight excluding hydrogens is 228 g/mol. The van der Waals surface area contributed by atoms with Crippen molar-refractivity contribution in [3.8, 4) is 0 Å². The molecule has 1 heterocycles. The van der Waals surface area contributed by atoms with Crippen molar-refractivity contribution in [1.29, 1.82) is 0 Å². The lowest BCUT2D eigenvalue weighted by Gasteiger charge is -2.30. The first-order chi connectivity index (χ1) is 8.77. The number of rotatable bonds is 2. The Labute approximate surface area is 105 Å². The normalized spacial score (nSPS) is 24.2. The Kier molecular flexibility index (Phi) is 2.78. The van der Waals surface area contributed by atoms with Gasteiger partial charge >= 0.3 is 5.97 Å². The fourth-order valence-electron chi connectivity index (χ4n) is 2.97. The Morgan fingerprint density at radius 1 is 1.28 bits per heavy atom. The maximum Gasteiger partial charge on any atom is 0.308 e. The minimum Gasteiger partial charge on any atom is -0.481 e. The van der Waals surface area contributed by atoms with E-state index in [9.17, 15) is 9.90 Å². The van der Waals surface area contributed by atoms with Crippen LogP contribution in [-0.4, -0.2) is 20.6 Å². The third-order valence-corrected chi connectivity index (χ3v) is 3.89. The molecule has 0 saturated heterocycles. The topological polar surface area (TPSA) is 55.1 Å². The van der Waals surface area contributed by atoms with Gasteiger partial charge in [-0.2, -0.15) is 0 Å². The van der Waals surface area contributed by atoms with Crippen molar-refractivity contribution >= 4 is 17.0 Å². The van der Waals surface area contributed by atoms with Crippen LogP contribution in [0.1, 0.15) is 31.7 Å². The Morgan fingerprint density at radius 2 is 2.06 bits per heavy atom. The summed E-state index contributed by atoms with van der Waals surface area (Å²) >= 11 is 0. The molecule has 1 saturated carbocycles. The summed E-state index contributed by atoms with van der Waals surface area (Å²) in [6.07, 6.45) is 5.60. The van der Waals surface area contributed by atoms with Crippen LogP contribution >= 0.6 is 0 Å². The van der Waals surface area contributed by atoms with Gasteiger partial charge in [0.25, 0.3) is 0 Å². The largest absolute Gasteiger partial charge is 0.481 e. The summed E-state index contributed by atoms with van der Waals surface area (Å²) in [4.78, 5) is 15.7. The second-order valence-electron chi connectivity index (χ2n) is 4.94. The molecule has 2 unspecified atom stereocenters. The summed E-state index contributed by atoms with van der Waals surface area (Å²) in [5.41, 5.74) is 1.97. The lowest BCUT2D eigenvalue weighted by molar-refractivity contribution is -0.144. The number of aromatic nitrogens is 2. The minimum absolute atomic E-state index is 0.0450. The van der Waals surface area contributed by atoms with Crippen LogP contribution in [0.4, 0.5) is 0 Å². The van der Waals surface area contributed by atoms with Crippen LogP contribution < -0.4 is 0 Å². The van der Waals surface area contributed by atoms with Crippen LogP contribution in [0.25, 0.3) is 11.0 Å². The Hall–Kier alpha value is -1.84. The Bertz CT molecular complexity index is 576. The monoisotopic (exact) mass is 244 g/mol. The summed E-state index contributed by atoms with van der Waals surface area (Å²) in [6, 6.07) is 7.94. The van der Waals surface area contributed by atoms with Gasteiger partial charge < -0.3 is 9.67 Å². The molecule has 1 fully saturated rings. The van der Waals surface area contributed by atoms with Crippen molar-refractivity contribution in [3.63, 3.8) is 0 Å². The highest BCUT2D eigenvalue weighted by atomic mass is 16.4. The van der Waals surface area contributed by atoms with Crippen molar-refractivity contribution in [2.24, 2.45) is 5.92 Å². The van der Waals surface area contributed by atoms with Crippen LogP contribution in [0.2, 0.25) is 0 Å². The van der Waals surface area contributed by atoms with E-state index in [-0.39, 0.29) is 12.0 Å². The van der Waals surface area contributed by atoms with E-state index in [0.717, 1.165) is 36.7 Å². The van der Waals surface area contributed by atoms with Gasteiger partial charge in [-0.3, -0.25) is 4.79 Å². The molecular formula is C14H16N2O2.